The number of hydrogen-bond donors (Lipinski definition) is 0. The molecule has 0 spiro atoms. The van der Waals surface area contributed by atoms with Crippen LogP contribution in [0.1, 0.15) is 20.8 Å². The van der Waals surface area contributed by atoms with E-state index in [1.54, 1.807) is 0 Å². The molecule has 0 fully saturated rings. The number of hydrogen-bond acceptors (Lipinski definition) is 3. The molecule has 0 aromatic heterocycles. The maximum atomic E-state index is 6.06. The van der Waals surface area contributed by atoms with E-state index in [1.807, 2.05) is 20.8 Å². The van der Waals surface area contributed by atoms with Crippen molar-refractivity contribution in [2.24, 2.45) is 0 Å². The van der Waals surface area contributed by atoms with Gasteiger partial charge in [-0.05, 0) is 20.8 Å². The van der Waals surface area contributed by atoms with Crippen molar-refractivity contribution in [2.45, 2.75) is 36.0 Å². The molecule has 0 unspecified atom stereocenters. The topological polar surface area (TPSA) is 27.7 Å². The molecular formula is C9H18Cl4O3Si. The van der Waals surface area contributed by atoms with Crippen molar-refractivity contribution in [3.05, 3.63) is 0 Å². The Hall–Kier alpha value is 1.26. The van der Waals surface area contributed by atoms with Crippen LogP contribution in [-0.4, -0.2) is 37.8 Å². The quantitative estimate of drug-likeness (QED) is 0.467. The molecule has 0 saturated carbocycles. The summed E-state index contributed by atoms with van der Waals surface area (Å²) in [7, 11) is -2.93. The van der Waals surface area contributed by atoms with E-state index in [9.17, 15) is 0 Å². The summed E-state index contributed by atoms with van der Waals surface area (Å²) in [4.78, 5) is -0.945. The van der Waals surface area contributed by atoms with Crippen LogP contribution in [0.2, 0.25) is 6.04 Å². The second-order valence-electron chi connectivity index (χ2n) is 3.22. The fraction of sp³-hybridized carbons (Fsp3) is 1.00. The molecule has 0 amide bonds. The maximum absolute atomic E-state index is 6.06. The molecule has 0 aliphatic heterocycles. The van der Waals surface area contributed by atoms with Gasteiger partial charge in [0.15, 0.2) is 4.33 Å². The van der Waals surface area contributed by atoms with Crippen LogP contribution < -0.4 is 0 Å². The molecule has 0 heterocycles. The summed E-state index contributed by atoms with van der Waals surface area (Å²) in [6.07, 6.45) is 0. The number of halogens is 4. The van der Waals surface area contributed by atoms with Crippen molar-refractivity contribution in [3.8, 4) is 0 Å². The van der Waals surface area contributed by atoms with E-state index in [1.165, 1.54) is 0 Å². The van der Waals surface area contributed by atoms with E-state index in [0.717, 1.165) is 0 Å². The molecule has 0 saturated heterocycles. The van der Waals surface area contributed by atoms with Gasteiger partial charge >= 0.3 is 8.80 Å². The van der Waals surface area contributed by atoms with Gasteiger partial charge in [0.05, 0.1) is 6.04 Å². The predicted octanol–water partition coefficient (Wildman–Crippen LogP) is 4.01. The molecular weight excluding hydrogens is 326 g/mol. The highest BCUT2D eigenvalue weighted by atomic mass is 35.5. The van der Waals surface area contributed by atoms with Gasteiger partial charge in [0.2, 0.25) is 0 Å². The van der Waals surface area contributed by atoms with Gasteiger partial charge < -0.3 is 13.3 Å². The van der Waals surface area contributed by atoms with Gasteiger partial charge in [0.25, 0.3) is 0 Å². The Morgan fingerprint density at radius 3 is 1.53 bits per heavy atom. The van der Waals surface area contributed by atoms with Crippen molar-refractivity contribution in [3.63, 3.8) is 0 Å². The first kappa shape index (κ1) is 18.3. The summed E-state index contributed by atoms with van der Waals surface area (Å²) >= 11 is 23.6. The van der Waals surface area contributed by atoms with Gasteiger partial charge in [0.1, 0.15) is 4.84 Å². The van der Waals surface area contributed by atoms with Gasteiger partial charge in [-0.2, -0.15) is 0 Å². The molecule has 0 aromatic carbocycles. The largest absolute Gasteiger partial charge is 0.504 e. The minimum Gasteiger partial charge on any atom is -0.374 e. The van der Waals surface area contributed by atoms with E-state index >= 15 is 0 Å². The average Bonchev–Trinajstić information content (AvgIpc) is 2.17. The third-order valence-corrected chi connectivity index (χ3v) is 7.38. The highest BCUT2D eigenvalue weighted by Gasteiger charge is 2.50. The van der Waals surface area contributed by atoms with Crippen LogP contribution in [0.4, 0.5) is 0 Å². The van der Waals surface area contributed by atoms with Gasteiger partial charge in [-0.15, -0.1) is 23.2 Å². The number of alkyl halides is 4. The van der Waals surface area contributed by atoms with E-state index in [-0.39, 0.29) is 6.04 Å². The third-order valence-electron chi connectivity index (χ3n) is 1.86. The monoisotopic (exact) mass is 342 g/mol. The van der Waals surface area contributed by atoms with Gasteiger partial charge in [-0.25, -0.2) is 0 Å². The van der Waals surface area contributed by atoms with E-state index in [0.29, 0.717) is 19.8 Å². The van der Waals surface area contributed by atoms with Crippen molar-refractivity contribution < 1.29 is 13.3 Å². The molecule has 0 aliphatic carbocycles. The second kappa shape index (κ2) is 8.43. The first-order valence-electron chi connectivity index (χ1n) is 5.41. The van der Waals surface area contributed by atoms with Gasteiger partial charge in [-0.3, -0.25) is 0 Å². The van der Waals surface area contributed by atoms with Crippen LogP contribution in [0, 0.1) is 0 Å². The third kappa shape index (κ3) is 6.30. The van der Waals surface area contributed by atoms with Crippen LogP contribution in [0.15, 0.2) is 0 Å². The lowest BCUT2D eigenvalue weighted by Gasteiger charge is -2.33. The second-order valence-corrected chi connectivity index (χ2v) is 8.44. The fourth-order valence-corrected chi connectivity index (χ4v) is 5.36. The molecule has 8 heteroatoms. The molecule has 0 rings (SSSR count). The van der Waals surface area contributed by atoms with Crippen molar-refractivity contribution in [1.82, 2.24) is 0 Å². The van der Waals surface area contributed by atoms with Crippen LogP contribution in [0.3, 0.4) is 0 Å². The minimum absolute atomic E-state index is 0.149. The first-order valence-corrected chi connectivity index (χ1v) is 8.97. The number of rotatable bonds is 9. The molecule has 0 aromatic rings. The summed E-state index contributed by atoms with van der Waals surface area (Å²) in [5.41, 5.74) is 0. The summed E-state index contributed by atoms with van der Waals surface area (Å²) in [5.74, 6) is 0. The highest BCUT2D eigenvalue weighted by Crippen LogP contribution is 2.40. The SMILES string of the molecule is CCO[Si](CC(Cl)(Cl)C(Cl)Cl)(OCC)OCC. The van der Waals surface area contributed by atoms with Crippen molar-refractivity contribution in [2.75, 3.05) is 19.8 Å². The zero-order chi connectivity index (χ0) is 13.5. The normalized spacial score (nSPS) is 13.4. The molecule has 17 heavy (non-hydrogen) atoms. The van der Waals surface area contributed by atoms with E-state index in [2.05, 4.69) is 0 Å². The summed E-state index contributed by atoms with van der Waals surface area (Å²) in [6.45, 7) is 6.90. The zero-order valence-electron chi connectivity index (χ0n) is 10.1. The van der Waals surface area contributed by atoms with Gasteiger partial charge in [-0.1, -0.05) is 23.2 Å². The fourth-order valence-electron chi connectivity index (χ4n) is 1.30. The molecule has 104 valence electrons. The van der Waals surface area contributed by atoms with E-state index < -0.39 is 18.0 Å². The smallest absolute Gasteiger partial charge is 0.374 e. The Labute approximate surface area is 124 Å². The molecule has 0 N–H and O–H groups in total. The first-order chi connectivity index (χ1) is 7.83. The van der Waals surface area contributed by atoms with Crippen molar-refractivity contribution >= 4 is 55.2 Å². The Morgan fingerprint density at radius 2 is 1.29 bits per heavy atom. The molecule has 0 aliphatic rings. The zero-order valence-corrected chi connectivity index (χ0v) is 14.2. The van der Waals surface area contributed by atoms with Crippen LogP contribution in [-0.2, 0) is 13.3 Å². The van der Waals surface area contributed by atoms with Gasteiger partial charge in [0, 0.05) is 19.8 Å². The standard InChI is InChI=1S/C9H18Cl4O3Si/c1-4-14-17(15-5-2,16-6-3)7-9(12,13)8(10)11/h8H,4-7H2,1-3H3. The Bertz CT molecular complexity index is 199. The Kier molecular flexibility index (Phi) is 9.06. The Balaban J connectivity index is 4.87. The lowest BCUT2D eigenvalue weighted by molar-refractivity contribution is 0.0705. The Morgan fingerprint density at radius 1 is 0.941 bits per heavy atom. The lowest BCUT2D eigenvalue weighted by Crippen LogP contribution is -2.50. The highest BCUT2D eigenvalue weighted by molar-refractivity contribution is 6.68. The molecule has 0 radical (unpaired) electrons. The predicted molar refractivity (Wildman–Crippen MR) is 75.4 cm³/mol. The molecule has 0 atom stereocenters. The summed E-state index contributed by atoms with van der Waals surface area (Å²) < 4.78 is 15.5. The van der Waals surface area contributed by atoms with Crippen LogP contribution in [0.25, 0.3) is 0 Å². The minimum atomic E-state index is -2.93. The summed E-state index contributed by atoms with van der Waals surface area (Å²) in [6, 6.07) is 0.149. The van der Waals surface area contributed by atoms with E-state index in [4.69, 9.17) is 59.7 Å². The molecule has 3 nitrogen and oxygen atoms in total. The maximum Gasteiger partial charge on any atom is 0.504 e. The average molecular weight is 344 g/mol. The molecule has 0 bridgehead atoms. The lowest BCUT2D eigenvalue weighted by atomic mass is 10.5. The van der Waals surface area contributed by atoms with Crippen LogP contribution >= 0.6 is 46.4 Å². The van der Waals surface area contributed by atoms with Crippen LogP contribution in [0.5, 0.6) is 0 Å². The van der Waals surface area contributed by atoms with Crippen molar-refractivity contribution in [1.29, 1.82) is 0 Å². The summed E-state index contributed by atoms with van der Waals surface area (Å²) in [5, 5.41) is 0.